The van der Waals surface area contributed by atoms with Crippen molar-refractivity contribution in [2.45, 2.75) is 18.9 Å². The third-order valence-electron chi connectivity index (χ3n) is 12.8. The summed E-state index contributed by atoms with van der Waals surface area (Å²) in [5.74, 6) is 0. The predicted octanol–water partition coefficient (Wildman–Crippen LogP) is 15.0. The Morgan fingerprint density at radius 2 is 0.922 bits per heavy atom. The van der Waals surface area contributed by atoms with Gasteiger partial charge in [-0.3, -0.25) is 10.6 Å². The molecule has 11 rings (SSSR count). The number of nitrogens with one attached hydrogen (secondary N) is 2. The van der Waals surface area contributed by atoms with Crippen molar-refractivity contribution in [1.82, 2.24) is 10.6 Å². The van der Waals surface area contributed by atoms with E-state index in [2.05, 4.69) is 241 Å². The molecule has 0 saturated carbocycles. The van der Waals surface area contributed by atoms with Crippen molar-refractivity contribution in [2.75, 3.05) is 0 Å². The summed E-state index contributed by atoms with van der Waals surface area (Å²) in [5.41, 5.74) is 20.1. The second-order valence-corrected chi connectivity index (χ2v) is 16.6. The van der Waals surface area contributed by atoms with E-state index in [9.17, 15) is 0 Å². The Hall–Kier alpha value is -7.66. The molecule has 0 aliphatic heterocycles. The van der Waals surface area contributed by atoms with Crippen molar-refractivity contribution in [3.63, 3.8) is 0 Å². The molecule has 11 aromatic rings. The van der Waals surface area contributed by atoms with Gasteiger partial charge in [-0.05, 0) is 110 Å². The second-order valence-electron chi connectivity index (χ2n) is 16.6. The molecule has 0 fully saturated rings. The van der Waals surface area contributed by atoms with Gasteiger partial charge in [0, 0.05) is 6.54 Å². The molecule has 3 heteroatoms. The molecule has 4 N–H and O–H groups in total. The molecule has 2 unspecified atom stereocenters. The van der Waals surface area contributed by atoms with Crippen LogP contribution in [0.3, 0.4) is 0 Å². The summed E-state index contributed by atoms with van der Waals surface area (Å²) >= 11 is 0. The lowest BCUT2D eigenvalue weighted by Crippen LogP contribution is -2.40. The molecule has 0 aliphatic carbocycles. The van der Waals surface area contributed by atoms with Crippen molar-refractivity contribution in [1.29, 1.82) is 0 Å². The minimum absolute atomic E-state index is 0.274. The largest absolute Gasteiger partial charge is 0.312 e. The molecule has 0 spiro atoms. The highest BCUT2D eigenvalue weighted by Gasteiger charge is 2.22. The maximum Gasteiger partial charge on any atom is 0.0852 e. The first-order valence-corrected chi connectivity index (χ1v) is 22.2. The molecule has 0 aromatic heterocycles. The van der Waals surface area contributed by atoms with Gasteiger partial charge in [0.15, 0.2) is 0 Å². The van der Waals surface area contributed by atoms with E-state index in [0.29, 0.717) is 6.54 Å². The third-order valence-corrected chi connectivity index (χ3v) is 12.8. The van der Waals surface area contributed by atoms with Crippen LogP contribution in [0, 0.1) is 0 Å². The Morgan fingerprint density at radius 1 is 0.375 bits per heavy atom. The summed E-state index contributed by atoms with van der Waals surface area (Å²) in [6.07, 6.45) is -0.730. The SMILES string of the molecule is NC(NC(NCc1ccccc1-c1ccccc1)c1ccc(-c2c3ccccc3c(-c3ccc4ccccc4c3)c3c2ccc2ccccc23)cc1)c1ccccc1-c1ccccc1. The highest BCUT2D eigenvalue weighted by Crippen LogP contribution is 2.46. The lowest BCUT2D eigenvalue weighted by Gasteiger charge is -2.27. The maximum absolute atomic E-state index is 7.19. The van der Waals surface area contributed by atoms with Gasteiger partial charge < -0.3 is 5.73 Å². The fourth-order valence-electron chi connectivity index (χ4n) is 9.72. The number of rotatable bonds is 11. The minimum atomic E-state index is -0.457. The summed E-state index contributed by atoms with van der Waals surface area (Å²) < 4.78 is 0. The van der Waals surface area contributed by atoms with Crippen LogP contribution in [0.5, 0.6) is 0 Å². The topological polar surface area (TPSA) is 50.1 Å². The van der Waals surface area contributed by atoms with Crippen LogP contribution in [-0.4, -0.2) is 0 Å². The number of hydrogen-bond acceptors (Lipinski definition) is 3. The fourth-order valence-corrected chi connectivity index (χ4v) is 9.72. The molecule has 3 nitrogen and oxygen atoms in total. The average Bonchev–Trinajstić information content (AvgIpc) is 3.37. The van der Waals surface area contributed by atoms with Crippen LogP contribution >= 0.6 is 0 Å². The quantitative estimate of drug-likeness (QED) is 0.0692. The van der Waals surface area contributed by atoms with Gasteiger partial charge in [0.25, 0.3) is 0 Å². The summed E-state index contributed by atoms with van der Waals surface area (Å²) in [5, 5.41) is 17.7. The first-order chi connectivity index (χ1) is 31.7. The van der Waals surface area contributed by atoms with Crippen LogP contribution in [-0.2, 0) is 6.54 Å². The van der Waals surface area contributed by atoms with Crippen molar-refractivity contribution >= 4 is 43.1 Å². The fraction of sp³-hybridized carbons (Fsp3) is 0.0492. The van der Waals surface area contributed by atoms with E-state index in [1.807, 2.05) is 6.07 Å². The number of nitrogens with two attached hydrogens (primary N) is 1. The Bertz CT molecular complexity index is 3430. The first kappa shape index (κ1) is 39.2. The van der Waals surface area contributed by atoms with Crippen molar-refractivity contribution < 1.29 is 0 Å². The average molecular weight is 822 g/mol. The van der Waals surface area contributed by atoms with E-state index in [1.54, 1.807) is 0 Å². The highest BCUT2D eigenvalue weighted by atomic mass is 15.2. The monoisotopic (exact) mass is 821 g/mol. The molecule has 0 saturated heterocycles. The standard InChI is InChI=1S/C61H47N3/c62-60(55-30-16-13-26-51(55)43-20-5-2-6-21-43)64-61(63-40-49-24-10-11-25-50(49)42-18-3-1-4-19-42)46-34-32-45(33-35-46)57-53-28-14-15-29-54(53)58(48-36-31-41-17-7-8-23-47(41)39-48)59-52-27-12-9-22-44(52)37-38-56(57)59/h1-39,60-61,63-64H,40,62H2. The molecule has 0 amide bonds. The molecule has 2 atom stereocenters. The Morgan fingerprint density at radius 3 is 1.67 bits per heavy atom. The summed E-state index contributed by atoms with van der Waals surface area (Å²) in [4.78, 5) is 0. The lowest BCUT2D eigenvalue weighted by molar-refractivity contribution is 0.386. The summed E-state index contributed by atoms with van der Waals surface area (Å²) in [7, 11) is 0. The van der Waals surface area contributed by atoms with E-state index < -0.39 is 6.17 Å². The first-order valence-electron chi connectivity index (χ1n) is 22.2. The third kappa shape index (κ3) is 7.42. The smallest absolute Gasteiger partial charge is 0.0852 e. The van der Waals surface area contributed by atoms with Crippen molar-refractivity contribution in [3.8, 4) is 44.5 Å². The number of hydrogen-bond donors (Lipinski definition) is 3. The van der Waals surface area contributed by atoms with E-state index >= 15 is 0 Å². The zero-order valence-corrected chi connectivity index (χ0v) is 35.5. The maximum atomic E-state index is 7.19. The molecule has 0 heterocycles. The highest BCUT2D eigenvalue weighted by molar-refractivity contribution is 6.28. The van der Waals surface area contributed by atoms with E-state index in [1.165, 1.54) is 76.5 Å². The number of fused-ring (bicyclic) bond motifs is 5. The van der Waals surface area contributed by atoms with Crippen molar-refractivity contribution in [2.24, 2.45) is 5.73 Å². The molecular formula is C61H47N3. The van der Waals surface area contributed by atoms with Gasteiger partial charge >= 0.3 is 0 Å². The van der Waals surface area contributed by atoms with Crippen LogP contribution in [0.2, 0.25) is 0 Å². The summed E-state index contributed by atoms with van der Waals surface area (Å²) in [6, 6.07) is 85.2. The molecule has 0 bridgehead atoms. The van der Waals surface area contributed by atoms with Crippen LogP contribution in [0.25, 0.3) is 87.6 Å². The van der Waals surface area contributed by atoms with Gasteiger partial charge in [-0.1, -0.05) is 231 Å². The molecule has 64 heavy (non-hydrogen) atoms. The molecule has 11 aromatic carbocycles. The Kier molecular flexibility index (Phi) is 10.6. The second kappa shape index (κ2) is 17.2. The van der Waals surface area contributed by atoms with Gasteiger partial charge in [-0.25, -0.2) is 0 Å². The molecule has 0 aliphatic rings. The van der Waals surface area contributed by atoms with Gasteiger partial charge in [-0.15, -0.1) is 0 Å². The molecular weight excluding hydrogens is 775 g/mol. The van der Waals surface area contributed by atoms with Crippen LogP contribution < -0.4 is 16.4 Å². The van der Waals surface area contributed by atoms with E-state index in [0.717, 1.165) is 27.8 Å². The predicted molar refractivity (Wildman–Crippen MR) is 271 cm³/mol. The van der Waals surface area contributed by atoms with Gasteiger partial charge in [0.05, 0.1) is 12.3 Å². The zero-order valence-electron chi connectivity index (χ0n) is 35.5. The normalized spacial score (nSPS) is 12.5. The summed E-state index contributed by atoms with van der Waals surface area (Å²) in [6.45, 7) is 0.635. The van der Waals surface area contributed by atoms with Crippen LogP contribution in [0.1, 0.15) is 29.0 Å². The number of benzene rings is 11. The van der Waals surface area contributed by atoms with Crippen LogP contribution in [0.4, 0.5) is 0 Å². The van der Waals surface area contributed by atoms with E-state index in [-0.39, 0.29) is 6.17 Å². The molecule has 306 valence electrons. The lowest BCUT2D eigenvalue weighted by atomic mass is 9.83. The zero-order chi connectivity index (χ0) is 42.8. The van der Waals surface area contributed by atoms with Gasteiger partial charge in [0.2, 0.25) is 0 Å². The van der Waals surface area contributed by atoms with Gasteiger partial charge in [-0.2, -0.15) is 0 Å². The van der Waals surface area contributed by atoms with Crippen LogP contribution in [0.15, 0.2) is 237 Å². The van der Waals surface area contributed by atoms with Crippen molar-refractivity contribution in [3.05, 3.63) is 253 Å². The van der Waals surface area contributed by atoms with Gasteiger partial charge in [0.1, 0.15) is 0 Å². The Balaban J connectivity index is 1.03. The Labute approximate surface area is 374 Å². The minimum Gasteiger partial charge on any atom is -0.312 e. The molecule has 0 radical (unpaired) electrons. The van der Waals surface area contributed by atoms with E-state index in [4.69, 9.17) is 5.73 Å².